The third-order valence-corrected chi connectivity index (χ3v) is 1.13. The van der Waals surface area contributed by atoms with Crippen LogP contribution in [0.25, 0.3) is 0 Å². The van der Waals surface area contributed by atoms with Crippen molar-refractivity contribution in [2.75, 3.05) is 6.61 Å². The molecule has 0 fully saturated rings. The fraction of sp³-hybridized carbons (Fsp3) is 0.875. The molecule has 0 atom stereocenters. The molecule has 0 aliphatic heterocycles. The van der Waals surface area contributed by atoms with E-state index in [-0.39, 0.29) is 12.4 Å². The lowest BCUT2D eigenvalue weighted by Gasteiger charge is -1.99. The van der Waals surface area contributed by atoms with E-state index in [0.717, 1.165) is 12.8 Å². The highest BCUT2D eigenvalue weighted by Gasteiger charge is 1.91. The van der Waals surface area contributed by atoms with E-state index in [1.54, 1.807) is 0 Å². The maximum atomic E-state index is 10.3. The van der Waals surface area contributed by atoms with E-state index in [1.807, 2.05) is 0 Å². The maximum absolute atomic E-state index is 10.3. The number of carbonyl (C=O) groups excluding carboxylic acids is 1. The highest BCUT2D eigenvalue weighted by Crippen LogP contribution is 1.98. The summed E-state index contributed by atoms with van der Waals surface area (Å²) >= 11 is 0. The van der Waals surface area contributed by atoms with Gasteiger partial charge in [-0.1, -0.05) is 26.1 Å². The Bertz CT molecular complexity index is 154. The Morgan fingerprint density at radius 3 is 2.90 bits per heavy atom. The summed E-state index contributed by atoms with van der Waals surface area (Å²) in [7, 11) is 0. The van der Waals surface area contributed by atoms with Crippen molar-refractivity contribution in [3.05, 3.63) is 0 Å². The second-order valence-corrected chi connectivity index (χ2v) is 2.15. The van der Waals surface area contributed by atoms with Crippen molar-refractivity contribution in [2.24, 2.45) is 0 Å². The second-order valence-electron chi connectivity index (χ2n) is 2.15. The molecular formula is C8H16O2. The van der Waals surface area contributed by atoms with Gasteiger partial charge in [-0.25, -0.2) is 0 Å². The molecule has 0 rings (SSSR count). The number of unbranched alkanes of at least 4 members (excludes halogenated alkanes) is 2. The van der Waals surface area contributed by atoms with Crippen molar-refractivity contribution in [3.8, 4) is 0 Å². The van der Waals surface area contributed by atoms with Crippen LogP contribution in [0.5, 0.6) is 0 Å². The Balaban J connectivity index is 3.13. The predicted molar refractivity (Wildman–Crippen MR) is 40.8 cm³/mol. The summed E-state index contributed by atoms with van der Waals surface area (Å²) in [6.07, 6.45) is 2.45. The Morgan fingerprint density at radius 1 is 1.50 bits per heavy atom. The zero-order chi connectivity index (χ0) is 10.3. The second kappa shape index (κ2) is 6.59. The SMILES string of the molecule is [2H]C([2H])([2H])CCCCCOC(C)=O. The number of esters is 1. The monoisotopic (exact) mass is 147 g/mol. The fourth-order valence-electron chi connectivity index (χ4n) is 0.620. The molecule has 0 aromatic rings. The van der Waals surface area contributed by atoms with E-state index in [4.69, 9.17) is 8.85 Å². The number of ether oxygens (including phenoxy) is 1. The third kappa shape index (κ3) is 7.47. The molecule has 2 nitrogen and oxygen atoms in total. The van der Waals surface area contributed by atoms with E-state index in [9.17, 15) is 4.79 Å². The summed E-state index contributed by atoms with van der Waals surface area (Å²) < 4.78 is 25.5. The van der Waals surface area contributed by atoms with Gasteiger partial charge >= 0.3 is 5.97 Å². The first-order chi connectivity index (χ1) is 5.92. The Morgan fingerprint density at radius 2 is 2.30 bits per heavy atom. The van der Waals surface area contributed by atoms with Crippen molar-refractivity contribution in [3.63, 3.8) is 0 Å². The number of carbonyl (C=O) groups is 1. The molecule has 0 radical (unpaired) electrons. The largest absolute Gasteiger partial charge is 0.466 e. The van der Waals surface area contributed by atoms with E-state index in [1.165, 1.54) is 6.92 Å². The van der Waals surface area contributed by atoms with Crippen LogP contribution in [0.3, 0.4) is 0 Å². The van der Waals surface area contributed by atoms with Gasteiger partial charge in [-0.3, -0.25) is 4.79 Å². The summed E-state index contributed by atoms with van der Waals surface area (Å²) in [4.78, 5) is 10.3. The molecule has 0 aliphatic rings. The zero-order valence-electron chi connectivity index (χ0n) is 9.35. The Labute approximate surface area is 66.8 Å². The minimum absolute atomic E-state index is 0.243. The summed E-state index contributed by atoms with van der Waals surface area (Å²) in [6, 6.07) is 0. The van der Waals surface area contributed by atoms with Gasteiger partial charge in [-0.05, 0) is 6.42 Å². The first-order valence-electron chi connectivity index (χ1n) is 5.05. The molecule has 0 saturated carbocycles. The van der Waals surface area contributed by atoms with E-state index < -0.39 is 6.85 Å². The molecule has 0 saturated heterocycles. The lowest BCUT2D eigenvalue weighted by molar-refractivity contribution is -0.141. The van der Waals surface area contributed by atoms with Gasteiger partial charge in [0.15, 0.2) is 0 Å². The fourth-order valence-corrected chi connectivity index (χ4v) is 0.620. The summed E-state index contributed by atoms with van der Waals surface area (Å²) in [5, 5.41) is 0. The highest BCUT2D eigenvalue weighted by atomic mass is 16.5. The number of hydrogen-bond acceptors (Lipinski definition) is 2. The molecule has 60 valence electrons. The van der Waals surface area contributed by atoms with Crippen molar-refractivity contribution >= 4 is 5.97 Å². The minimum Gasteiger partial charge on any atom is -0.466 e. The lowest BCUT2D eigenvalue weighted by Crippen LogP contribution is -1.99. The van der Waals surface area contributed by atoms with E-state index >= 15 is 0 Å². The Hall–Kier alpha value is -0.530. The average molecular weight is 147 g/mol. The van der Waals surface area contributed by atoms with Gasteiger partial charge in [0.2, 0.25) is 0 Å². The first kappa shape index (κ1) is 5.16. The molecule has 0 spiro atoms. The molecule has 0 N–H and O–H groups in total. The van der Waals surface area contributed by atoms with Gasteiger partial charge in [-0.15, -0.1) is 0 Å². The molecule has 0 aliphatic carbocycles. The van der Waals surface area contributed by atoms with Gasteiger partial charge in [0.1, 0.15) is 0 Å². The van der Waals surface area contributed by atoms with Gasteiger partial charge in [0.05, 0.1) is 6.61 Å². The molecule has 10 heavy (non-hydrogen) atoms. The van der Waals surface area contributed by atoms with Crippen molar-refractivity contribution < 1.29 is 13.6 Å². The smallest absolute Gasteiger partial charge is 0.302 e. The summed E-state index contributed by atoms with van der Waals surface area (Å²) in [6.45, 7) is -0.0554. The zero-order valence-corrected chi connectivity index (χ0v) is 6.35. The van der Waals surface area contributed by atoms with Gasteiger partial charge in [0, 0.05) is 11.0 Å². The van der Waals surface area contributed by atoms with Crippen LogP contribution in [0.15, 0.2) is 0 Å². The van der Waals surface area contributed by atoms with Gasteiger partial charge in [-0.2, -0.15) is 0 Å². The third-order valence-electron chi connectivity index (χ3n) is 1.13. The Kier molecular flexibility index (Phi) is 3.40. The molecule has 0 heterocycles. The van der Waals surface area contributed by atoms with Crippen molar-refractivity contribution in [2.45, 2.75) is 39.5 Å². The maximum Gasteiger partial charge on any atom is 0.302 e. The van der Waals surface area contributed by atoms with Crippen LogP contribution in [0.2, 0.25) is 0 Å². The van der Waals surface area contributed by atoms with Crippen LogP contribution in [-0.4, -0.2) is 12.6 Å². The molecule has 0 aromatic carbocycles. The topological polar surface area (TPSA) is 26.3 Å². The van der Waals surface area contributed by atoms with Crippen molar-refractivity contribution in [1.82, 2.24) is 0 Å². The molecule has 0 bridgehead atoms. The molecule has 0 unspecified atom stereocenters. The van der Waals surface area contributed by atoms with Crippen molar-refractivity contribution in [1.29, 1.82) is 0 Å². The van der Waals surface area contributed by atoms with Crippen LogP contribution in [0.1, 0.15) is 43.6 Å². The van der Waals surface area contributed by atoms with Crippen LogP contribution >= 0.6 is 0 Å². The standard InChI is InChI=1S/C8H16O2/c1-3-4-5-6-7-10-8(2)9/h3-7H2,1-2H3/i1D3. The molecule has 0 aromatic heterocycles. The van der Waals surface area contributed by atoms with Crippen LogP contribution in [-0.2, 0) is 9.53 Å². The van der Waals surface area contributed by atoms with E-state index in [2.05, 4.69) is 0 Å². The first-order valence-corrected chi connectivity index (χ1v) is 3.55. The average Bonchev–Trinajstić information content (AvgIpc) is 1.93. The van der Waals surface area contributed by atoms with Crippen LogP contribution in [0, 0.1) is 0 Å². The minimum atomic E-state index is -1.82. The molecule has 0 amide bonds. The quantitative estimate of drug-likeness (QED) is 0.440. The number of hydrogen-bond donors (Lipinski definition) is 0. The van der Waals surface area contributed by atoms with E-state index in [0.29, 0.717) is 13.0 Å². The molecular weight excluding hydrogens is 128 g/mol. The normalized spacial score (nSPS) is 15.1. The summed E-state index contributed by atoms with van der Waals surface area (Å²) in [5.41, 5.74) is 0. The summed E-state index contributed by atoms with van der Waals surface area (Å²) in [5.74, 6) is -0.282. The van der Waals surface area contributed by atoms with Crippen LogP contribution < -0.4 is 0 Å². The molecule has 2 heteroatoms. The van der Waals surface area contributed by atoms with Gasteiger partial charge in [0.25, 0.3) is 0 Å². The lowest BCUT2D eigenvalue weighted by atomic mass is 10.2. The van der Waals surface area contributed by atoms with Gasteiger partial charge < -0.3 is 4.74 Å². The number of rotatable bonds is 5. The van der Waals surface area contributed by atoms with Crippen LogP contribution in [0.4, 0.5) is 0 Å². The predicted octanol–water partition coefficient (Wildman–Crippen LogP) is 2.13. The highest BCUT2D eigenvalue weighted by molar-refractivity contribution is 5.65.